The van der Waals surface area contributed by atoms with Crippen molar-refractivity contribution < 1.29 is 18.3 Å². The van der Waals surface area contributed by atoms with Crippen LogP contribution in [0.25, 0.3) is 0 Å². The molecule has 3 N–H and O–H groups in total. The number of hydrogen-bond acceptors (Lipinski definition) is 5. The number of aliphatic hydroxyl groups excluding tert-OH is 1. The first kappa shape index (κ1) is 16.7. The van der Waals surface area contributed by atoms with Crippen LogP contribution >= 0.6 is 0 Å². The van der Waals surface area contributed by atoms with Crippen molar-refractivity contribution in [3.05, 3.63) is 53.5 Å². The molecule has 1 saturated heterocycles. The Balaban J connectivity index is 1.92. The molecule has 1 aromatic heterocycles. The lowest BCUT2D eigenvalue weighted by Gasteiger charge is -2.26. The number of benzene rings is 1. The third kappa shape index (κ3) is 3.49. The highest BCUT2D eigenvalue weighted by molar-refractivity contribution is 5.33. The van der Waals surface area contributed by atoms with Crippen LogP contribution in [-0.2, 0) is 12.7 Å². The Morgan fingerprint density at radius 3 is 2.71 bits per heavy atom. The summed E-state index contributed by atoms with van der Waals surface area (Å²) >= 11 is 0. The maximum atomic E-state index is 13.3. The first-order valence-corrected chi connectivity index (χ1v) is 7.50. The van der Waals surface area contributed by atoms with Crippen molar-refractivity contribution in [2.75, 3.05) is 12.3 Å². The number of nitrogens with two attached hydrogens (primary N) is 1. The molecule has 1 aromatic carbocycles. The zero-order valence-corrected chi connectivity index (χ0v) is 12.7. The molecule has 0 spiro atoms. The highest BCUT2D eigenvalue weighted by Crippen LogP contribution is 2.40. The Morgan fingerprint density at radius 2 is 2.00 bits per heavy atom. The van der Waals surface area contributed by atoms with Crippen molar-refractivity contribution >= 4 is 5.82 Å². The second-order valence-electron chi connectivity index (χ2n) is 5.82. The first-order chi connectivity index (χ1) is 11.3. The topological polar surface area (TPSA) is 75.3 Å². The van der Waals surface area contributed by atoms with Crippen LogP contribution in [0, 0.1) is 0 Å². The van der Waals surface area contributed by atoms with E-state index in [1.165, 1.54) is 18.3 Å². The van der Waals surface area contributed by atoms with E-state index in [4.69, 9.17) is 5.73 Å². The van der Waals surface area contributed by atoms with E-state index in [0.717, 1.165) is 6.07 Å². The van der Waals surface area contributed by atoms with Crippen LogP contribution in [0.4, 0.5) is 19.0 Å². The zero-order chi connectivity index (χ0) is 17.3. The van der Waals surface area contributed by atoms with Gasteiger partial charge in [-0.15, -0.1) is 0 Å². The Hall–Kier alpha value is -2.19. The summed E-state index contributed by atoms with van der Waals surface area (Å²) in [5.74, 6) is 0.713. The van der Waals surface area contributed by atoms with Gasteiger partial charge in [-0.3, -0.25) is 4.90 Å². The fraction of sp³-hybridized carbons (Fsp3) is 0.375. The van der Waals surface area contributed by atoms with Crippen molar-refractivity contribution in [2.24, 2.45) is 0 Å². The predicted octanol–water partition coefficient (Wildman–Crippen LogP) is 2.39. The Labute approximate surface area is 137 Å². The van der Waals surface area contributed by atoms with Crippen molar-refractivity contribution in [3.8, 4) is 0 Å². The molecular formula is C16H17F3N4O. The number of halogens is 3. The molecule has 0 aliphatic carbocycles. The molecule has 128 valence electrons. The Kier molecular flexibility index (Phi) is 4.42. The first-order valence-electron chi connectivity index (χ1n) is 7.50. The molecule has 2 atom stereocenters. The molecule has 1 fully saturated rings. The SMILES string of the molecule is Nc1ccnc(CN2C[C@@H](O)C[C@@H]2c2ccccc2C(F)(F)F)n1. The van der Waals surface area contributed by atoms with Gasteiger partial charge in [0.05, 0.1) is 18.2 Å². The molecule has 24 heavy (non-hydrogen) atoms. The van der Waals surface area contributed by atoms with Gasteiger partial charge in [0.1, 0.15) is 11.6 Å². The van der Waals surface area contributed by atoms with E-state index in [1.54, 1.807) is 17.0 Å². The molecule has 2 heterocycles. The highest BCUT2D eigenvalue weighted by Gasteiger charge is 2.39. The Bertz CT molecular complexity index is 722. The molecule has 8 heteroatoms. The standard InChI is InChI=1S/C16H17F3N4O/c17-16(18,19)12-4-2-1-3-11(12)13-7-10(24)8-23(13)9-15-21-6-5-14(20)22-15/h1-6,10,13,24H,7-9H2,(H2,20,21,22)/t10-,13+/m0/s1. The quantitative estimate of drug-likeness (QED) is 0.899. The van der Waals surface area contributed by atoms with Crippen molar-refractivity contribution in [1.29, 1.82) is 0 Å². The fourth-order valence-corrected chi connectivity index (χ4v) is 3.10. The van der Waals surface area contributed by atoms with Crippen LogP contribution in [0.1, 0.15) is 29.4 Å². The largest absolute Gasteiger partial charge is 0.416 e. The summed E-state index contributed by atoms with van der Waals surface area (Å²) in [6, 6.07) is 6.45. The van der Waals surface area contributed by atoms with Crippen molar-refractivity contribution in [3.63, 3.8) is 0 Å². The third-order valence-corrected chi connectivity index (χ3v) is 4.08. The van der Waals surface area contributed by atoms with Gasteiger partial charge in [0.25, 0.3) is 0 Å². The number of rotatable bonds is 3. The van der Waals surface area contributed by atoms with Gasteiger partial charge in [-0.1, -0.05) is 18.2 Å². The average Bonchev–Trinajstić information content (AvgIpc) is 2.87. The van der Waals surface area contributed by atoms with Gasteiger partial charge in [-0.2, -0.15) is 13.2 Å². The summed E-state index contributed by atoms with van der Waals surface area (Å²) in [6.45, 7) is 0.480. The molecule has 1 aliphatic heterocycles. The highest BCUT2D eigenvalue weighted by atomic mass is 19.4. The van der Waals surface area contributed by atoms with Crippen LogP contribution < -0.4 is 5.73 Å². The number of aliphatic hydroxyl groups is 1. The lowest BCUT2D eigenvalue weighted by molar-refractivity contribution is -0.138. The van der Waals surface area contributed by atoms with Crippen LogP contribution in [0.5, 0.6) is 0 Å². The molecule has 0 bridgehead atoms. The summed E-state index contributed by atoms with van der Waals surface area (Å²) in [7, 11) is 0. The van der Waals surface area contributed by atoms with E-state index >= 15 is 0 Å². The van der Waals surface area contributed by atoms with E-state index in [-0.39, 0.29) is 25.1 Å². The van der Waals surface area contributed by atoms with Gasteiger partial charge in [-0.25, -0.2) is 9.97 Å². The van der Waals surface area contributed by atoms with Crippen molar-refractivity contribution in [2.45, 2.75) is 31.3 Å². The van der Waals surface area contributed by atoms with E-state index in [1.807, 2.05) is 0 Å². The fourth-order valence-electron chi connectivity index (χ4n) is 3.10. The van der Waals surface area contributed by atoms with E-state index < -0.39 is 23.9 Å². The summed E-state index contributed by atoms with van der Waals surface area (Å²) in [5, 5.41) is 9.97. The van der Waals surface area contributed by atoms with Gasteiger partial charge in [0, 0.05) is 18.8 Å². The summed E-state index contributed by atoms with van der Waals surface area (Å²) in [6.07, 6.45) is -3.40. The predicted molar refractivity (Wildman–Crippen MR) is 81.7 cm³/mol. The molecular weight excluding hydrogens is 321 g/mol. The number of alkyl halides is 3. The smallest absolute Gasteiger partial charge is 0.392 e. The Morgan fingerprint density at radius 1 is 1.25 bits per heavy atom. The molecule has 1 aliphatic rings. The molecule has 0 saturated carbocycles. The number of nitrogen functional groups attached to an aromatic ring is 1. The second kappa shape index (κ2) is 6.37. The molecule has 0 amide bonds. The number of aromatic nitrogens is 2. The van der Waals surface area contributed by atoms with E-state index in [2.05, 4.69) is 9.97 Å². The number of hydrogen-bond donors (Lipinski definition) is 2. The number of anilines is 1. The van der Waals surface area contributed by atoms with Gasteiger partial charge in [0.2, 0.25) is 0 Å². The normalized spacial score (nSPS) is 22.0. The number of nitrogens with zero attached hydrogens (tertiary/aromatic N) is 3. The maximum absolute atomic E-state index is 13.3. The lowest BCUT2D eigenvalue weighted by atomic mass is 9.97. The molecule has 3 rings (SSSR count). The minimum atomic E-state index is -4.44. The van der Waals surface area contributed by atoms with Crippen molar-refractivity contribution in [1.82, 2.24) is 14.9 Å². The molecule has 0 radical (unpaired) electrons. The number of likely N-dealkylation sites (tertiary alicyclic amines) is 1. The zero-order valence-electron chi connectivity index (χ0n) is 12.7. The monoisotopic (exact) mass is 338 g/mol. The summed E-state index contributed by atoms with van der Waals surface area (Å²) in [5.41, 5.74) is 5.10. The van der Waals surface area contributed by atoms with E-state index in [0.29, 0.717) is 11.6 Å². The third-order valence-electron chi connectivity index (χ3n) is 4.08. The minimum absolute atomic E-state index is 0.158. The van der Waals surface area contributed by atoms with Gasteiger partial charge >= 0.3 is 6.18 Å². The summed E-state index contributed by atoms with van der Waals surface area (Å²) < 4.78 is 39.9. The van der Waals surface area contributed by atoms with Gasteiger partial charge in [-0.05, 0) is 24.1 Å². The second-order valence-corrected chi connectivity index (χ2v) is 5.82. The molecule has 2 aromatic rings. The minimum Gasteiger partial charge on any atom is -0.392 e. The van der Waals surface area contributed by atoms with Crippen LogP contribution in [0.15, 0.2) is 36.5 Å². The maximum Gasteiger partial charge on any atom is 0.416 e. The molecule has 0 unspecified atom stereocenters. The van der Waals surface area contributed by atoms with Crippen LogP contribution in [0.3, 0.4) is 0 Å². The van der Waals surface area contributed by atoms with Gasteiger partial charge < -0.3 is 10.8 Å². The lowest BCUT2D eigenvalue weighted by Crippen LogP contribution is -2.27. The van der Waals surface area contributed by atoms with E-state index in [9.17, 15) is 18.3 Å². The summed E-state index contributed by atoms with van der Waals surface area (Å²) in [4.78, 5) is 9.93. The number of β-amino-alcohol motifs (C(OH)–C–C–N with tert-alkyl or cyclic N) is 1. The average molecular weight is 338 g/mol. The van der Waals surface area contributed by atoms with Crippen LogP contribution in [-0.4, -0.2) is 32.6 Å². The molecule has 5 nitrogen and oxygen atoms in total. The van der Waals surface area contributed by atoms with Gasteiger partial charge in [0.15, 0.2) is 0 Å². The van der Waals surface area contributed by atoms with Crippen LogP contribution in [0.2, 0.25) is 0 Å².